The number of benzene rings is 1. The standard InChI is InChI=1S/C13H9ClN4.2Y/c1-8-3-11(12(14)4-9(8)2)10-5-15-13-16-7-17-18(13)6-10;;/h3-4,7H,1-2H3;;/q-2;;. The van der Waals surface area contributed by atoms with Crippen LogP contribution in [0.3, 0.4) is 0 Å². The summed E-state index contributed by atoms with van der Waals surface area (Å²) in [6.45, 7) is 4.06. The minimum Gasteiger partial charge on any atom is -0.423 e. The van der Waals surface area contributed by atoms with Gasteiger partial charge in [-0.15, -0.1) is 17.7 Å². The van der Waals surface area contributed by atoms with Gasteiger partial charge in [0, 0.05) is 65.4 Å². The monoisotopic (exact) mass is 434 g/mol. The van der Waals surface area contributed by atoms with Crippen molar-refractivity contribution >= 4 is 17.4 Å². The predicted molar refractivity (Wildman–Crippen MR) is 68.4 cm³/mol. The van der Waals surface area contributed by atoms with Crippen molar-refractivity contribution in [2.24, 2.45) is 0 Å². The van der Waals surface area contributed by atoms with Crippen LogP contribution in [0.2, 0.25) is 5.02 Å². The first kappa shape index (κ1) is 18.3. The number of aromatic nitrogens is 4. The third-order valence-electron chi connectivity index (χ3n) is 2.87. The van der Waals surface area contributed by atoms with Crippen molar-refractivity contribution < 1.29 is 65.4 Å². The van der Waals surface area contributed by atoms with Gasteiger partial charge in [-0.05, 0) is 24.4 Å². The van der Waals surface area contributed by atoms with E-state index >= 15 is 0 Å². The van der Waals surface area contributed by atoms with E-state index in [0.29, 0.717) is 16.4 Å². The van der Waals surface area contributed by atoms with Gasteiger partial charge in [-0.1, -0.05) is 11.6 Å². The molecule has 0 amide bonds. The number of halogens is 1. The molecule has 0 N–H and O–H groups in total. The molecule has 0 aliphatic rings. The van der Waals surface area contributed by atoms with Crippen LogP contribution in [0.15, 0.2) is 18.5 Å². The van der Waals surface area contributed by atoms with Gasteiger partial charge in [0.05, 0.1) is 5.78 Å². The van der Waals surface area contributed by atoms with E-state index < -0.39 is 0 Å². The third-order valence-corrected chi connectivity index (χ3v) is 3.18. The van der Waals surface area contributed by atoms with E-state index in [0.717, 1.165) is 16.7 Å². The summed E-state index contributed by atoms with van der Waals surface area (Å²) in [5.74, 6) is 0.471. The fourth-order valence-corrected chi connectivity index (χ4v) is 2.03. The zero-order valence-corrected chi connectivity index (χ0v) is 17.5. The summed E-state index contributed by atoms with van der Waals surface area (Å²) in [6.07, 6.45) is 7.37. The fourth-order valence-electron chi connectivity index (χ4n) is 1.72. The Balaban J connectivity index is 0.000001000. The molecule has 2 heterocycles. The van der Waals surface area contributed by atoms with Crippen LogP contribution in [0.25, 0.3) is 16.9 Å². The van der Waals surface area contributed by atoms with E-state index in [-0.39, 0.29) is 65.4 Å². The number of nitrogens with zero attached hydrogens (tertiary/aromatic N) is 4. The topological polar surface area (TPSA) is 43.1 Å². The molecule has 2 radical (unpaired) electrons. The summed E-state index contributed by atoms with van der Waals surface area (Å²) >= 11 is 6.25. The molecular formula is C13H9ClN4Y2-2. The van der Waals surface area contributed by atoms with Crippen molar-refractivity contribution in [1.29, 1.82) is 0 Å². The molecule has 7 heteroatoms. The Morgan fingerprint density at radius 3 is 2.60 bits per heavy atom. The van der Waals surface area contributed by atoms with Gasteiger partial charge >= 0.3 is 0 Å². The van der Waals surface area contributed by atoms with Crippen molar-refractivity contribution in [2.45, 2.75) is 13.8 Å². The Hall–Kier alpha value is 0.268. The van der Waals surface area contributed by atoms with E-state index in [2.05, 4.69) is 27.5 Å². The van der Waals surface area contributed by atoms with Crippen LogP contribution in [0, 0.1) is 26.2 Å². The maximum atomic E-state index is 6.25. The quantitative estimate of drug-likeness (QED) is 0.553. The second-order valence-electron chi connectivity index (χ2n) is 4.10. The average Bonchev–Trinajstić information content (AvgIpc) is 2.80. The van der Waals surface area contributed by atoms with Crippen LogP contribution in [-0.4, -0.2) is 19.6 Å². The van der Waals surface area contributed by atoms with E-state index in [1.807, 2.05) is 26.0 Å². The van der Waals surface area contributed by atoms with Crippen molar-refractivity contribution in [2.75, 3.05) is 0 Å². The Morgan fingerprint density at radius 2 is 1.85 bits per heavy atom. The summed E-state index contributed by atoms with van der Waals surface area (Å²) in [5, 5.41) is 4.66. The first-order valence-corrected chi connectivity index (χ1v) is 5.81. The van der Waals surface area contributed by atoms with Crippen LogP contribution < -0.4 is 0 Å². The molecule has 3 rings (SSSR count). The molecule has 0 spiro atoms. The van der Waals surface area contributed by atoms with Crippen molar-refractivity contribution in [3.05, 3.63) is 47.0 Å². The number of hydrogen-bond donors (Lipinski definition) is 0. The van der Waals surface area contributed by atoms with E-state index in [1.165, 1.54) is 10.8 Å². The zero-order chi connectivity index (χ0) is 12.7. The minimum absolute atomic E-state index is 0. The van der Waals surface area contributed by atoms with Crippen LogP contribution in [0.5, 0.6) is 0 Å². The Kier molecular flexibility index (Phi) is 6.87. The normalized spacial score (nSPS) is 9.95. The number of rotatable bonds is 1. The van der Waals surface area contributed by atoms with Gasteiger partial charge in [-0.3, -0.25) is 4.98 Å². The maximum Gasteiger partial charge on any atom is 0.117 e. The average molecular weight is 435 g/mol. The number of fused-ring (bicyclic) bond motifs is 1. The first-order chi connectivity index (χ1) is 8.65. The summed E-state index contributed by atoms with van der Waals surface area (Å²) in [6, 6.07) is 3.93. The summed E-state index contributed by atoms with van der Waals surface area (Å²) in [4.78, 5) is 8.04. The molecule has 0 aliphatic heterocycles. The second-order valence-corrected chi connectivity index (χ2v) is 4.51. The largest absolute Gasteiger partial charge is 0.423 e. The molecule has 0 fully saturated rings. The smallest absolute Gasteiger partial charge is 0.117 e. The summed E-state index contributed by atoms with van der Waals surface area (Å²) in [7, 11) is 0. The Bertz CT molecular complexity index is 742. The molecule has 0 saturated heterocycles. The van der Waals surface area contributed by atoms with Crippen LogP contribution in [0.4, 0.5) is 0 Å². The molecule has 0 aliphatic carbocycles. The molecule has 3 aromatic rings. The third kappa shape index (κ3) is 3.53. The SMILES string of the molecule is Cc1cc(Cl)c(-c2[c-]nc3ncnn3[c-]2)cc1C.[Y].[Y]. The zero-order valence-electron chi connectivity index (χ0n) is 11.1. The first-order valence-electron chi connectivity index (χ1n) is 5.43. The van der Waals surface area contributed by atoms with Gasteiger partial charge in [0.15, 0.2) is 0 Å². The molecule has 0 atom stereocenters. The second kappa shape index (κ2) is 7.51. The Labute approximate surface area is 172 Å². The van der Waals surface area contributed by atoms with Gasteiger partial charge in [0.2, 0.25) is 0 Å². The van der Waals surface area contributed by atoms with Crippen LogP contribution in [0.1, 0.15) is 11.1 Å². The van der Waals surface area contributed by atoms with Crippen LogP contribution >= 0.6 is 11.6 Å². The van der Waals surface area contributed by atoms with Crippen molar-refractivity contribution in [3.8, 4) is 11.1 Å². The minimum atomic E-state index is 0. The molecule has 2 aromatic heterocycles. The predicted octanol–water partition coefficient (Wildman–Crippen LogP) is 2.66. The molecule has 1 aromatic carbocycles. The summed E-state index contributed by atoms with van der Waals surface area (Å²) in [5.41, 5.74) is 3.85. The van der Waals surface area contributed by atoms with E-state index in [9.17, 15) is 0 Å². The number of aryl methyl sites for hydroxylation is 2. The molecule has 20 heavy (non-hydrogen) atoms. The number of hydrogen-bond acceptors (Lipinski definition) is 3. The molecular weight excluding hydrogens is 425 g/mol. The maximum absolute atomic E-state index is 6.25. The molecule has 0 bridgehead atoms. The van der Waals surface area contributed by atoms with Crippen molar-refractivity contribution in [1.82, 2.24) is 19.6 Å². The summed E-state index contributed by atoms with van der Waals surface area (Å²) < 4.78 is 1.48. The Morgan fingerprint density at radius 1 is 1.15 bits per heavy atom. The van der Waals surface area contributed by atoms with Crippen molar-refractivity contribution in [3.63, 3.8) is 0 Å². The molecule has 0 unspecified atom stereocenters. The van der Waals surface area contributed by atoms with Gasteiger partial charge in [0.1, 0.15) is 6.33 Å². The van der Waals surface area contributed by atoms with Gasteiger partial charge < -0.3 is 9.50 Å². The molecule has 0 saturated carbocycles. The van der Waals surface area contributed by atoms with E-state index in [1.54, 1.807) is 0 Å². The van der Waals surface area contributed by atoms with Gasteiger partial charge in [0.25, 0.3) is 0 Å². The fraction of sp³-hybridized carbons (Fsp3) is 0.154. The van der Waals surface area contributed by atoms with Crippen LogP contribution in [-0.2, 0) is 65.4 Å². The molecule has 96 valence electrons. The van der Waals surface area contributed by atoms with Gasteiger partial charge in [-0.25, -0.2) is 5.56 Å². The molecule has 4 nitrogen and oxygen atoms in total. The van der Waals surface area contributed by atoms with Gasteiger partial charge in [-0.2, -0.15) is 23.1 Å². The van der Waals surface area contributed by atoms with E-state index in [4.69, 9.17) is 11.6 Å².